The minimum atomic E-state index is -0.731. The summed E-state index contributed by atoms with van der Waals surface area (Å²) in [7, 11) is 0. The molecule has 194 valence electrons. The van der Waals surface area contributed by atoms with Gasteiger partial charge in [-0.15, -0.1) is 0 Å². The van der Waals surface area contributed by atoms with Crippen molar-refractivity contribution in [2.24, 2.45) is 0 Å². The van der Waals surface area contributed by atoms with Crippen LogP contribution in [-0.2, 0) is 4.74 Å². The lowest BCUT2D eigenvalue weighted by molar-refractivity contribution is 0.0527. The average Bonchev–Trinajstić information content (AvgIpc) is 3.19. The first-order valence-electron chi connectivity index (χ1n) is 12.6. The molecule has 1 atom stereocenters. The van der Waals surface area contributed by atoms with Crippen LogP contribution < -0.4 is 14.8 Å². The molecule has 4 rings (SSSR count). The van der Waals surface area contributed by atoms with Gasteiger partial charge in [-0.2, -0.15) is 0 Å². The van der Waals surface area contributed by atoms with Gasteiger partial charge in [0.1, 0.15) is 24.2 Å². The zero-order valence-electron chi connectivity index (χ0n) is 21.8. The first kappa shape index (κ1) is 26.1. The Bertz CT molecular complexity index is 1340. The summed E-state index contributed by atoms with van der Waals surface area (Å²) in [6, 6.07) is 21.4. The van der Waals surface area contributed by atoms with Gasteiger partial charge in [0.25, 0.3) is 0 Å². The van der Waals surface area contributed by atoms with Crippen molar-refractivity contribution >= 4 is 22.6 Å². The number of fused-ring (bicyclic) bond motifs is 1. The van der Waals surface area contributed by atoms with Crippen LogP contribution in [-0.4, -0.2) is 48.1 Å². The van der Waals surface area contributed by atoms with E-state index in [0.29, 0.717) is 31.1 Å². The van der Waals surface area contributed by atoms with Crippen molar-refractivity contribution in [1.82, 2.24) is 4.57 Å². The second kappa shape index (κ2) is 11.8. The summed E-state index contributed by atoms with van der Waals surface area (Å²) >= 11 is 0. The number of aliphatic hydroxyl groups is 1. The fourth-order valence-electron chi connectivity index (χ4n) is 4.30. The van der Waals surface area contributed by atoms with E-state index in [1.165, 1.54) is 0 Å². The number of aromatic nitrogens is 1. The van der Waals surface area contributed by atoms with Crippen LogP contribution in [0.5, 0.6) is 11.5 Å². The van der Waals surface area contributed by atoms with Crippen molar-refractivity contribution in [2.75, 3.05) is 31.7 Å². The summed E-state index contributed by atoms with van der Waals surface area (Å²) in [5.74, 6) is 1.01. The Balaban J connectivity index is 1.51. The van der Waals surface area contributed by atoms with Crippen molar-refractivity contribution in [3.05, 3.63) is 83.6 Å². The molecule has 0 bridgehead atoms. The van der Waals surface area contributed by atoms with Gasteiger partial charge in [-0.1, -0.05) is 17.7 Å². The van der Waals surface area contributed by atoms with Crippen molar-refractivity contribution in [3.63, 3.8) is 0 Å². The summed E-state index contributed by atoms with van der Waals surface area (Å²) in [4.78, 5) is 12.9. The van der Waals surface area contributed by atoms with Gasteiger partial charge < -0.3 is 29.2 Å². The van der Waals surface area contributed by atoms with Crippen LogP contribution in [0.2, 0.25) is 0 Å². The number of anilines is 1. The standard InChI is InChI=1S/C30H34N2O5/c1-5-35-25-13-9-22(10-14-25)31-18-24(33)19-37-26-15-16-28-27(17-26)29(30(34)36-6-2)21(4)32(28)23-11-7-20(3)8-12-23/h7-17,24,31,33H,5-6,18-19H2,1-4H3/t24-/m0/s1. The molecule has 4 aromatic rings. The van der Waals surface area contributed by atoms with Gasteiger partial charge in [0.15, 0.2) is 0 Å². The van der Waals surface area contributed by atoms with Gasteiger partial charge in [-0.25, -0.2) is 4.79 Å². The summed E-state index contributed by atoms with van der Waals surface area (Å²) in [5, 5.41) is 14.4. The van der Waals surface area contributed by atoms with E-state index in [2.05, 4.69) is 9.88 Å². The molecule has 7 nitrogen and oxygen atoms in total. The van der Waals surface area contributed by atoms with Crippen LogP contribution in [0, 0.1) is 13.8 Å². The molecule has 0 spiro atoms. The molecular weight excluding hydrogens is 468 g/mol. The molecule has 0 aliphatic heterocycles. The number of aliphatic hydroxyl groups excluding tert-OH is 1. The van der Waals surface area contributed by atoms with Gasteiger partial charge >= 0.3 is 5.97 Å². The maximum absolute atomic E-state index is 12.9. The Kier molecular flexibility index (Phi) is 8.36. The lowest BCUT2D eigenvalue weighted by atomic mass is 10.1. The third kappa shape index (κ3) is 6.06. The van der Waals surface area contributed by atoms with E-state index in [-0.39, 0.29) is 12.6 Å². The smallest absolute Gasteiger partial charge is 0.340 e. The molecule has 1 aromatic heterocycles. The summed E-state index contributed by atoms with van der Waals surface area (Å²) < 4.78 is 18.8. The number of rotatable bonds is 11. The summed E-state index contributed by atoms with van der Waals surface area (Å²) in [6.07, 6.45) is -0.731. The van der Waals surface area contributed by atoms with Crippen LogP contribution in [0.1, 0.15) is 35.5 Å². The maximum atomic E-state index is 12.9. The molecule has 2 N–H and O–H groups in total. The molecular formula is C30H34N2O5. The molecule has 0 radical (unpaired) electrons. The van der Waals surface area contributed by atoms with Gasteiger partial charge in [-0.3, -0.25) is 0 Å². The molecule has 3 aromatic carbocycles. The number of carbonyl (C=O) groups excluding carboxylic acids is 1. The molecule has 7 heteroatoms. The Morgan fingerprint density at radius 1 is 0.919 bits per heavy atom. The third-order valence-electron chi connectivity index (χ3n) is 6.10. The number of hydrogen-bond donors (Lipinski definition) is 2. The SMILES string of the molecule is CCOC(=O)c1c(C)n(-c2ccc(C)cc2)c2ccc(OC[C@@H](O)CNc3ccc(OCC)cc3)cc12. The zero-order chi connectivity index (χ0) is 26.4. The second-order valence-electron chi connectivity index (χ2n) is 8.83. The van der Waals surface area contributed by atoms with Crippen molar-refractivity contribution in [1.29, 1.82) is 0 Å². The molecule has 0 aliphatic carbocycles. The van der Waals surface area contributed by atoms with E-state index in [9.17, 15) is 9.90 Å². The number of benzene rings is 3. The number of nitrogens with one attached hydrogen (secondary N) is 1. The lowest BCUT2D eigenvalue weighted by Crippen LogP contribution is -2.26. The highest BCUT2D eigenvalue weighted by atomic mass is 16.5. The predicted octanol–water partition coefficient (Wildman–Crippen LogP) is 5.67. The van der Waals surface area contributed by atoms with Crippen molar-refractivity contribution in [3.8, 4) is 17.2 Å². The Hall–Kier alpha value is -3.97. The predicted molar refractivity (Wildman–Crippen MR) is 146 cm³/mol. The average molecular weight is 503 g/mol. The number of nitrogens with zero attached hydrogens (tertiary/aromatic N) is 1. The first-order valence-corrected chi connectivity index (χ1v) is 12.6. The van der Waals surface area contributed by atoms with Crippen LogP contribution in [0.3, 0.4) is 0 Å². The van der Waals surface area contributed by atoms with E-state index in [1.54, 1.807) is 6.92 Å². The van der Waals surface area contributed by atoms with E-state index >= 15 is 0 Å². The van der Waals surface area contributed by atoms with Crippen LogP contribution >= 0.6 is 0 Å². The molecule has 0 unspecified atom stereocenters. The van der Waals surface area contributed by atoms with Crippen molar-refractivity contribution < 1.29 is 24.1 Å². The van der Waals surface area contributed by atoms with Gasteiger partial charge in [0.05, 0.1) is 24.3 Å². The molecule has 0 fully saturated rings. The fourth-order valence-corrected chi connectivity index (χ4v) is 4.30. The molecule has 0 amide bonds. The number of aryl methyl sites for hydroxylation is 1. The van der Waals surface area contributed by atoms with Crippen molar-refractivity contribution in [2.45, 2.75) is 33.8 Å². The fraction of sp³-hybridized carbons (Fsp3) is 0.300. The zero-order valence-corrected chi connectivity index (χ0v) is 21.8. The second-order valence-corrected chi connectivity index (χ2v) is 8.83. The number of hydrogen-bond acceptors (Lipinski definition) is 6. The third-order valence-corrected chi connectivity index (χ3v) is 6.10. The Morgan fingerprint density at radius 3 is 2.30 bits per heavy atom. The Labute approximate surface area is 217 Å². The maximum Gasteiger partial charge on any atom is 0.340 e. The largest absolute Gasteiger partial charge is 0.494 e. The van der Waals surface area contributed by atoms with Crippen LogP contribution in [0.25, 0.3) is 16.6 Å². The molecule has 0 aliphatic rings. The number of ether oxygens (including phenoxy) is 3. The highest BCUT2D eigenvalue weighted by Crippen LogP contribution is 2.33. The van der Waals surface area contributed by atoms with Gasteiger partial charge in [0.2, 0.25) is 0 Å². The topological polar surface area (TPSA) is 82.0 Å². The van der Waals surface area contributed by atoms with E-state index < -0.39 is 6.10 Å². The van der Waals surface area contributed by atoms with E-state index in [4.69, 9.17) is 14.2 Å². The quantitative estimate of drug-likeness (QED) is 0.257. The molecule has 0 saturated carbocycles. The highest BCUT2D eigenvalue weighted by molar-refractivity contribution is 6.07. The molecule has 1 heterocycles. The first-order chi connectivity index (χ1) is 17.9. The monoisotopic (exact) mass is 502 g/mol. The molecule has 0 saturated heterocycles. The van der Waals surface area contributed by atoms with E-state index in [0.717, 1.165) is 39.3 Å². The van der Waals surface area contributed by atoms with Crippen LogP contribution in [0.15, 0.2) is 66.7 Å². The van der Waals surface area contributed by atoms with Crippen LogP contribution in [0.4, 0.5) is 5.69 Å². The van der Waals surface area contributed by atoms with Gasteiger partial charge in [0, 0.05) is 29.0 Å². The number of esters is 1. The minimum absolute atomic E-state index is 0.0991. The normalized spacial score (nSPS) is 11.8. The van der Waals surface area contributed by atoms with E-state index in [1.807, 2.05) is 87.5 Å². The minimum Gasteiger partial charge on any atom is -0.494 e. The highest BCUT2D eigenvalue weighted by Gasteiger charge is 2.22. The lowest BCUT2D eigenvalue weighted by Gasteiger charge is -2.15. The molecule has 37 heavy (non-hydrogen) atoms. The summed E-state index contributed by atoms with van der Waals surface area (Å²) in [5.41, 5.74) is 5.21. The van der Waals surface area contributed by atoms with Gasteiger partial charge in [-0.05, 0) is 82.3 Å². The number of carbonyl (C=O) groups is 1. The summed E-state index contributed by atoms with van der Waals surface area (Å²) in [6.45, 7) is 9.03. The Morgan fingerprint density at radius 2 is 1.62 bits per heavy atom.